The zero-order valence-corrected chi connectivity index (χ0v) is 14.6. The molecule has 1 rings (SSSR count). The van der Waals surface area contributed by atoms with Gasteiger partial charge in [0.25, 0.3) is 0 Å². The molecule has 19 heavy (non-hydrogen) atoms. The van der Waals surface area contributed by atoms with Crippen molar-refractivity contribution in [3.8, 4) is 5.88 Å². The van der Waals surface area contributed by atoms with Crippen LogP contribution in [0, 0.1) is 0 Å². The van der Waals surface area contributed by atoms with Crippen LogP contribution in [-0.2, 0) is 6.54 Å². The first-order valence-corrected chi connectivity index (χ1v) is 7.12. The average molecular weight is 396 g/mol. The maximum absolute atomic E-state index is 5.08. The Morgan fingerprint density at radius 3 is 2.89 bits per heavy atom. The molecule has 0 saturated heterocycles. The number of thioether (sulfide) groups is 1. The fraction of sp³-hybridized carbons (Fsp3) is 0.500. The Balaban J connectivity index is 0.00000324. The van der Waals surface area contributed by atoms with E-state index >= 15 is 0 Å². The van der Waals surface area contributed by atoms with Crippen molar-refractivity contribution in [1.82, 2.24) is 15.6 Å². The van der Waals surface area contributed by atoms with Gasteiger partial charge in [0, 0.05) is 38.2 Å². The third kappa shape index (κ3) is 7.46. The lowest BCUT2D eigenvalue weighted by Crippen LogP contribution is -2.37. The van der Waals surface area contributed by atoms with E-state index in [2.05, 4.69) is 26.9 Å². The first kappa shape index (κ1) is 18.3. The molecule has 1 aromatic rings. The van der Waals surface area contributed by atoms with Crippen LogP contribution in [0.3, 0.4) is 0 Å². The molecule has 0 fully saturated rings. The Hall–Kier alpha value is -0.700. The zero-order chi connectivity index (χ0) is 13.2. The lowest BCUT2D eigenvalue weighted by Gasteiger charge is -2.11. The minimum atomic E-state index is 0. The molecule has 0 spiro atoms. The highest BCUT2D eigenvalue weighted by Gasteiger charge is 1.99. The van der Waals surface area contributed by atoms with Crippen molar-refractivity contribution in [1.29, 1.82) is 0 Å². The van der Waals surface area contributed by atoms with Gasteiger partial charge in [-0.1, -0.05) is 0 Å². The molecule has 0 unspecified atom stereocenters. The summed E-state index contributed by atoms with van der Waals surface area (Å²) in [5.74, 6) is 2.49. The van der Waals surface area contributed by atoms with E-state index in [0.717, 1.165) is 23.8 Å². The molecule has 0 saturated carbocycles. The molecular weight excluding hydrogens is 375 g/mol. The maximum Gasteiger partial charge on any atom is 0.213 e. The van der Waals surface area contributed by atoms with E-state index in [1.807, 2.05) is 12.1 Å². The van der Waals surface area contributed by atoms with Crippen molar-refractivity contribution in [2.75, 3.05) is 32.7 Å². The summed E-state index contributed by atoms with van der Waals surface area (Å²) >= 11 is 1.80. The Kier molecular flexibility index (Phi) is 10.7. The van der Waals surface area contributed by atoms with Crippen LogP contribution in [0.4, 0.5) is 0 Å². The summed E-state index contributed by atoms with van der Waals surface area (Å²) < 4.78 is 5.08. The highest BCUT2D eigenvalue weighted by atomic mass is 127. The Morgan fingerprint density at radius 1 is 1.47 bits per heavy atom. The van der Waals surface area contributed by atoms with Crippen LogP contribution in [-0.4, -0.2) is 43.7 Å². The number of rotatable bonds is 6. The van der Waals surface area contributed by atoms with E-state index in [4.69, 9.17) is 4.74 Å². The Morgan fingerprint density at radius 2 is 2.26 bits per heavy atom. The number of methoxy groups -OCH3 is 1. The summed E-state index contributed by atoms with van der Waals surface area (Å²) in [7, 11) is 3.38. The molecule has 0 aliphatic rings. The number of guanidine groups is 1. The quantitative estimate of drug-likeness (QED) is 0.332. The van der Waals surface area contributed by atoms with Crippen molar-refractivity contribution in [2.45, 2.75) is 6.54 Å². The van der Waals surface area contributed by atoms with Crippen LogP contribution in [0.25, 0.3) is 0 Å². The number of nitrogens with one attached hydrogen (secondary N) is 2. The van der Waals surface area contributed by atoms with Crippen molar-refractivity contribution in [2.24, 2.45) is 4.99 Å². The second-order valence-corrected chi connectivity index (χ2v) is 4.54. The number of aromatic nitrogens is 1. The number of hydrogen-bond donors (Lipinski definition) is 2. The fourth-order valence-corrected chi connectivity index (χ4v) is 1.66. The van der Waals surface area contributed by atoms with Crippen LogP contribution < -0.4 is 15.4 Å². The molecule has 5 nitrogen and oxygen atoms in total. The molecular formula is C12H21IN4OS. The van der Waals surface area contributed by atoms with Gasteiger partial charge in [-0.2, -0.15) is 11.8 Å². The van der Waals surface area contributed by atoms with Gasteiger partial charge in [0.1, 0.15) is 0 Å². The van der Waals surface area contributed by atoms with Crippen LogP contribution >= 0.6 is 35.7 Å². The lowest BCUT2D eigenvalue weighted by molar-refractivity contribution is 0.397. The van der Waals surface area contributed by atoms with Gasteiger partial charge in [-0.05, 0) is 17.9 Å². The number of aliphatic imine (C=N–C) groups is 1. The van der Waals surface area contributed by atoms with Crippen molar-refractivity contribution >= 4 is 41.7 Å². The third-order valence-corrected chi connectivity index (χ3v) is 2.90. The molecule has 2 N–H and O–H groups in total. The molecule has 0 radical (unpaired) electrons. The van der Waals surface area contributed by atoms with Crippen molar-refractivity contribution in [3.05, 3.63) is 23.9 Å². The molecule has 0 aromatic carbocycles. The van der Waals surface area contributed by atoms with E-state index < -0.39 is 0 Å². The summed E-state index contributed by atoms with van der Waals surface area (Å²) in [4.78, 5) is 8.22. The molecule has 0 aliphatic heterocycles. The molecule has 7 heteroatoms. The largest absolute Gasteiger partial charge is 0.481 e. The van der Waals surface area contributed by atoms with Crippen molar-refractivity contribution in [3.63, 3.8) is 0 Å². The van der Waals surface area contributed by atoms with Gasteiger partial charge >= 0.3 is 0 Å². The van der Waals surface area contributed by atoms with Gasteiger partial charge in [-0.25, -0.2) is 4.98 Å². The SMILES string of the molecule is CN=C(NCCSC)NCc1ccnc(OC)c1.I. The first-order valence-electron chi connectivity index (χ1n) is 5.72. The second kappa shape index (κ2) is 11.2. The maximum atomic E-state index is 5.08. The first-order chi connectivity index (χ1) is 8.80. The third-order valence-electron chi connectivity index (χ3n) is 2.29. The number of pyridine rings is 1. The van der Waals surface area contributed by atoms with Crippen LogP contribution in [0.5, 0.6) is 5.88 Å². The summed E-state index contributed by atoms with van der Waals surface area (Å²) in [6.45, 7) is 1.60. The predicted octanol–water partition coefficient (Wildman–Crippen LogP) is 1.74. The van der Waals surface area contributed by atoms with Gasteiger partial charge < -0.3 is 15.4 Å². The monoisotopic (exact) mass is 396 g/mol. The van der Waals surface area contributed by atoms with Gasteiger partial charge in [0.15, 0.2) is 5.96 Å². The highest BCUT2D eigenvalue weighted by Crippen LogP contribution is 2.07. The van der Waals surface area contributed by atoms with Crippen LogP contribution in [0.1, 0.15) is 5.56 Å². The highest BCUT2D eigenvalue weighted by molar-refractivity contribution is 14.0. The molecule has 0 aliphatic carbocycles. The smallest absolute Gasteiger partial charge is 0.213 e. The van der Waals surface area contributed by atoms with E-state index in [1.54, 1.807) is 32.1 Å². The van der Waals surface area contributed by atoms with Gasteiger partial charge in [0.05, 0.1) is 7.11 Å². The number of nitrogens with zero attached hydrogens (tertiary/aromatic N) is 2. The minimum absolute atomic E-state index is 0. The number of ether oxygens (including phenoxy) is 1. The number of hydrogen-bond acceptors (Lipinski definition) is 4. The standard InChI is InChI=1S/C12H20N4OS.HI/c1-13-12(15-6-7-18-3)16-9-10-4-5-14-11(8-10)17-2;/h4-5,8H,6-7,9H2,1-3H3,(H2,13,15,16);1H. The lowest BCUT2D eigenvalue weighted by atomic mass is 10.2. The number of halogens is 1. The second-order valence-electron chi connectivity index (χ2n) is 3.55. The molecule has 1 heterocycles. The molecule has 0 amide bonds. The summed E-state index contributed by atoms with van der Waals surface area (Å²) in [6.07, 6.45) is 3.82. The van der Waals surface area contributed by atoms with Gasteiger partial charge in [0.2, 0.25) is 5.88 Å². The molecule has 0 bridgehead atoms. The summed E-state index contributed by atoms with van der Waals surface area (Å²) in [6, 6.07) is 3.85. The van der Waals surface area contributed by atoms with E-state index in [0.29, 0.717) is 12.4 Å². The van der Waals surface area contributed by atoms with Crippen LogP contribution in [0.2, 0.25) is 0 Å². The zero-order valence-electron chi connectivity index (χ0n) is 11.5. The van der Waals surface area contributed by atoms with Gasteiger partial charge in [-0.3, -0.25) is 4.99 Å². The van der Waals surface area contributed by atoms with E-state index in [9.17, 15) is 0 Å². The summed E-state index contributed by atoms with van der Waals surface area (Å²) in [5, 5.41) is 6.48. The van der Waals surface area contributed by atoms with Gasteiger partial charge in [-0.15, -0.1) is 24.0 Å². The molecule has 1 aromatic heterocycles. The molecule has 108 valence electrons. The summed E-state index contributed by atoms with van der Waals surface area (Å²) in [5.41, 5.74) is 1.11. The Labute approximate surface area is 136 Å². The van der Waals surface area contributed by atoms with E-state index in [1.165, 1.54) is 0 Å². The van der Waals surface area contributed by atoms with Crippen molar-refractivity contribution < 1.29 is 4.74 Å². The topological polar surface area (TPSA) is 58.5 Å². The fourth-order valence-electron chi connectivity index (χ4n) is 1.35. The minimum Gasteiger partial charge on any atom is -0.481 e. The van der Waals surface area contributed by atoms with Crippen LogP contribution in [0.15, 0.2) is 23.3 Å². The molecule has 0 atom stereocenters. The normalized spacial score (nSPS) is 10.6. The Bertz CT molecular complexity index is 390. The van der Waals surface area contributed by atoms with E-state index in [-0.39, 0.29) is 24.0 Å². The average Bonchev–Trinajstić information content (AvgIpc) is 2.43. The predicted molar refractivity (Wildman–Crippen MR) is 92.8 cm³/mol.